The van der Waals surface area contributed by atoms with Crippen molar-refractivity contribution in [2.45, 2.75) is 44.4 Å². The number of hydrogen-bond donors (Lipinski definition) is 3. The van der Waals surface area contributed by atoms with Gasteiger partial charge in [-0.05, 0) is 26.8 Å². The summed E-state index contributed by atoms with van der Waals surface area (Å²) in [5.41, 5.74) is 0. The standard InChI is InChI=1S/C13H25N3O4/c1-9(16(2)10-4-5-10)7-14-13(19)15-8-11(20-3)6-12(17)18/h9-11H,4-8H2,1-3H3,(H,17,18)(H2,14,15,19). The van der Waals surface area contributed by atoms with Gasteiger partial charge in [-0.2, -0.15) is 0 Å². The quantitative estimate of drug-likeness (QED) is 0.566. The van der Waals surface area contributed by atoms with Crippen LogP contribution in [0.2, 0.25) is 0 Å². The largest absolute Gasteiger partial charge is 0.481 e. The average Bonchev–Trinajstić information content (AvgIpc) is 3.23. The lowest BCUT2D eigenvalue weighted by atomic mass is 10.2. The maximum absolute atomic E-state index is 11.6. The first-order valence-electron chi connectivity index (χ1n) is 6.92. The number of carbonyl (C=O) groups excluding carboxylic acids is 1. The van der Waals surface area contributed by atoms with Gasteiger partial charge < -0.3 is 20.5 Å². The Bertz CT molecular complexity index is 334. The van der Waals surface area contributed by atoms with Crippen LogP contribution >= 0.6 is 0 Å². The molecule has 1 rings (SSSR count). The van der Waals surface area contributed by atoms with Crippen molar-refractivity contribution < 1.29 is 19.4 Å². The zero-order valence-electron chi connectivity index (χ0n) is 12.4. The minimum absolute atomic E-state index is 0.127. The highest BCUT2D eigenvalue weighted by Gasteiger charge is 2.29. The fourth-order valence-corrected chi connectivity index (χ4v) is 1.93. The Morgan fingerprint density at radius 3 is 2.45 bits per heavy atom. The van der Waals surface area contributed by atoms with Gasteiger partial charge in [-0.3, -0.25) is 9.69 Å². The second-order valence-corrected chi connectivity index (χ2v) is 5.29. The van der Waals surface area contributed by atoms with Crippen molar-refractivity contribution in [3.63, 3.8) is 0 Å². The number of nitrogens with one attached hydrogen (secondary N) is 2. The molecule has 2 amide bonds. The second kappa shape index (κ2) is 8.06. The molecule has 1 aliphatic rings. The topological polar surface area (TPSA) is 90.9 Å². The molecule has 0 saturated heterocycles. The Morgan fingerprint density at radius 1 is 1.35 bits per heavy atom. The molecule has 116 valence electrons. The highest BCUT2D eigenvalue weighted by molar-refractivity contribution is 5.74. The molecule has 1 aliphatic carbocycles. The number of carboxylic acids is 1. The summed E-state index contributed by atoms with van der Waals surface area (Å²) >= 11 is 0. The summed E-state index contributed by atoms with van der Waals surface area (Å²) in [7, 11) is 3.50. The van der Waals surface area contributed by atoms with Crippen LogP contribution < -0.4 is 10.6 Å². The van der Waals surface area contributed by atoms with E-state index in [9.17, 15) is 9.59 Å². The maximum atomic E-state index is 11.6. The van der Waals surface area contributed by atoms with Crippen molar-refractivity contribution in [2.75, 3.05) is 27.2 Å². The lowest BCUT2D eigenvalue weighted by molar-refractivity contribution is -0.139. The van der Waals surface area contributed by atoms with Gasteiger partial charge in [0.25, 0.3) is 0 Å². The Labute approximate surface area is 119 Å². The molecule has 0 heterocycles. The number of aliphatic carboxylic acids is 1. The molecule has 0 bridgehead atoms. The molecule has 1 fully saturated rings. The summed E-state index contributed by atoms with van der Waals surface area (Å²) in [5, 5.41) is 14.1. The molecule has 2 unspecified atom stereocenters. The minimum Gasteiger partial charge on any atom is -0.481 e. The number of ether oxygens (including phenoxy) is 1. The SMILES string of the molecule is COC(CNC(=O)NCC(C)N(C)C1CC1)CC(=O)O. The number of nitrogens with zero attached hydrogens (tertiary/aromatic N) is 1. The Hall–Kier alpha value is -1.34. The van der Waals surface area contributed by atoms with E-state index in [0.717, 1.165) is 0 Å². The van der Waals surface area contributed by atoms with Crippen molar-refractivity contribution in [3.8, 4) is 0 Å². The second-order valence-electron chi connectivity index (χ2n) is 5.29. The number of urea groups is 1. The van der Waals surface area contributed by atoms with E-state index < -0.39 is 12.1 Å². The minimum atomic E-state index is -0.946. The molecule has 0 aliphatic heterocycles. The van der Waals surface area contributed by atoms with E-state index >= 15 is 0 Å². The Morgan fingerprint density at radius 2 is 1.95 bits per heavy atom. The van der Waals surface area contributed by atoms with Crippen LogP contribution in [-0.4, -0.2) is 67.4 Å². The number of carboxylic acid groups (broad SMARTS) is 1. The molecule has 0 spiro atoms. The first kappa shape index (κ1) is 16.7. The van der Waals surface area contributed by atoms with E-state index in [2.05, 4.69) is 29.5 Å². The molecule has 3 N–H and O–H groups in total. The zero-order valence-corrected chi connectivity index (χ0v) is 12.4. The molecule has 7 nitrogen and oxygen atoms in total. The predicted octanol–water partition coefficient (Wildman–Crippen LogP) is 0.258. The summed E-state index contributed by atoms with van der Waals surface area (Å²) in [6.45, 7) is 2.82. The van der Waals surface area contributed by atoms with E-state index in [-0.39, 0.29) is 25.0 Å². The number of hydrogen-bond acceptors (Lipinski definition) is 4. The summed E-state index contributed by atoms with van der Waals surface area (Å²) < 4.78 is 4.98. The van der Waals surface area contributed by atoms with E-state index in [1.807, 2.05) is 0 Å². The highest BCUT2D eigenvalue weighted by atomic mass is 16.5. The van der Waals surface area contributed by atoms with E-state index in [1.54, 1.807) is 0 Å². The summed E-state index contributed by atoms with van der Waals surface area (Å²) in [6.07, 6.45) is 1.83. The third kappa shape index (κ3) is 6.21. The van der Waals surface area contributed by atoms with Gasteiger partial charge >= 0.3 is 12.0 Å². The summed E-state index contributed by atoms with van der Waals surface area (Å²) in [4.78, 5) is 24.4. The number of amides is 2. The molecule has 0 aromatic carbocycles. The molecule has 7 heteroatoms. The number of methoxy groups -OCH3 is 1. The van der Waals surface area contributed by atoms with Gasteiger partial charge in [0.2, 0.25) is 0 Å². The van der Waals surface area contributed by atoms with Crippen LogP contribution in [0.15, 0.2) is 0 Å². The molecule has 0 radical (unpaired) electrons. The average molecular weight is 287 g/mol. The molecule has 0 aromatic heterocycles. The molecular formula is C13H25N3O4. The first-order chi connectivity index (χ1) is 9.43. The Balaban J connectivity index is 2.17. The normalized spacial score (nSPS) is 17.6. The van der Waals surface area contributed by atoms with E-state index in [0.29, 0.717) is 12.6 Å². The van der Waals surface area contributed by atoms with Crippen LogP contribution in [0.25, 0.3) is 0 Å². The molecule has 0 aromatic rings. The van der Waals surface area contributed by atoms with Crippen LogP contribution in [-0.2, 0) is 9.53 Å². The first-order valence-corrected chi connectivity index (χ1v) is 6.92. The van der Waals surface area contributed by atoms with Crippen molar-refractivity contribution in [2.24, 2.45) is 0 Å². The van der Waals surface area contributed by atoms with Crippen LogP contribution in [0.1, 0.15) is 26.2 Å². The molecule has 2 atom stereocenters. The van der Waals surface area contributed by atoms with Crippen molar-refractivity contribution in [1.29, 1.82) is 0 Å². The van der Waals surface area contributed by atoms with Crippen LogP contribution in [0.5, 0.6) is 0 Å². The number of carbonyl (C=O) groups is 2. The summed E-state index contributed by atoms with van der Waals surface area (Å²) in [6, 6.07) is 0.641. The number of likely N-dealkylation sites (N-methyl/N-ethyl adjacent to an activating group) is 1. The third-order valence-electron chi connectivity index (χ3n) is 3.60. The van der Waals surface area contributed by atoms with Gasteiger partial charge in [-0.25, -0.2) is 4.79 Å². The smallest absolute Gasteiger partial charge is 0.314 e. The van der Waals surface area contributed by atoms with Crippen LogP contribution in [0.4, 0.5) is 4.79 Å². The van der Waals surface area contributed by atoms with Gasteiger partial charge in [-0.15, -0.1) is 0 Å². The van der Waals surface area contributed by atoms with Crippen LogP contribution in [0.3, 0.4) is 0 Å². The maximum Gasteiger partial charge on any atom is 0.314 e. The lowest BCUT2D eigenvalue weighted by Crippen LogP contribution is -2.46. The van der Waals surface area contributed by atoms with Crippen molar-refractivity contribution in [3.05, 3.63) is 0 Å². The zero-order chi connectivity index (χ0) is 15.1. The lowest BCUT2D eigenvalue weighted by Gasteiger charge is -2.24. The van der Waals surface area contributed by atoms with Gasteiger partial charge in [-0.1, -0.05) is 0 Å². The van der Waals surface area contributed by atoms with Crippen molar-refractivity contribution in [1.82, 2.24) is 15.5 Å². The van der Waals surface area contributed by atoms with Crippen molar-refractivity contribution >= 4 is 12.0 Å². The van der Waals surface area contributed by atoms with Gasteiger partial charge in [0.15, 0.2) is 0 Å². The monoisotopic (exact) mass is 287 g/mol. The van der Waals surface area contributed by atoms with E-state index in [1.165, 1.54) is 20.0 Å². The summed E-state index contributed by atoms with van der Waals surface area (Å²) in [5.74, 6) is -0.946. The highest BCUT2D eigenvalue weighted by Crippen LogP contribution is 2.26. The fourth-order valence-electron chi connectivity index (χ4n) is 1.93. The molecular weight excluding hydrogens is 262 g/mol. The van der Waals surface area contributed by atoms with Gasteiger partial charge in [0.1, 0.15) is 0 Å². The predicted molar refractivity (Wildman–Crippen MR) is 74.7 cm³/mol. The molecule has 1 saturated carbocycles. The van der Waals surface area contributed by atoms with Gasteiger partial charge in [0.05, 0.1) is 12.5 Å². The fraction of sp³-hybridized carbons (Fsp3) is 0.846. The van der Waals surface area contributed by atoms with Gasteiger partial charge in [0, 0.05) is 32.3 Å². The number of rotatable bonds is 9. The molecule has 20 heavy (non-hydrogen) atoms. The van der Waals surface area contributed by atoms with E-state index in [4.69, 9.17) is 9.84 Å². The Kier molecular flexibility index (Phi) is 6.74. The van der Waals surface area contributed by atoms with Crippen LogP contribution in [0, 0.1) is 0 Å². The third-order valence-corrected chi connectivity index (χ3v) is 3.60.